The van der Waals surface area contributed by atoms with Crippen LogP contribution in [0.15, 0.2) is 6.20 Å². The van der Waals surface area contributed by atoms with Gasteiger partial charge >= 0.3 is 0 Å². The average molecular weight is 285 g/mol. The topological polar surface area (TPSA) is 87.4 Å². The third-order valence-corrected chi connectivity index (χ3v) is 3.84. The van der Waals surface area contributed by atoms with Crippen LogP contribution in [0.25, 0.3) is 11.0 Å². The predicted octanol–water partition coefficient (Wildman–Crippen LogP) is 1.37. The summed E-state index contributed by atoms with van der Waals surface area (Å²) in [6, 6.07) is 0. The summed E-state index contributed by atoms with van der Waals surface area (Å²) in [7, 11) is 1.84. The Morgan fingerprint density at radius 1 is 1.24 bits per heavy atom. The molecule has 0 aliphatic heterocycles. The minimum absolute atomic E-state index is 0.459. The second-order valence-electron chi connectivity index (χ2n) is 5.19. The Balaban J connectivity index is 2.04. The lowest BCUT2D eigenvalue weighted by Gasteiger charge is -2.06. The summed E-state index contributed by atoms with van der Waals surface area (Å²) in [5.74, 6) is 1.11. The van der Waals surface area contributed by atoms with E-state index in [2.05, 4.69) is 34.0 Å². The number of aromatic nitrogens is 6. The summed E-state index contributed by atoms with van der Waals surface area (Å²) in [6.07, 6.45) is 2.66. The van der Waals surface area contributed by atoms with E-state index in [-0.39, 0.29) is 0 Å². The summed E-state index contributed by atoms with van der Waals surface area (Å²) in [4.78, 5) is 8.91. The molecular weight excluding hydrogens is 266 g/mol. The molecule has 3 aromatic rings. The fourth-order valence-electron chi connectivity index (χ4n) is 2.70. The molecule has 21 heavy (non-hydrogen) atoms. The van der Waals surface area contributed by atoms with Crippen LogP contribution in [-0.4, -0.2) is 29.5 Å². The lowest BCUT2D eigenvalue weighted by molar-refractivity contribution is 0.632. The summed E-state index contributed by atoms with van der Waals surface area (Å²) < 4.78 is 3.64. The number of nitrogen functional groups attached to an aromatic ring is 1. The second-order valence-corrected chi connectivity index (χ2v) is 5.19. The van der Waals surface area contributed by atoms with Crippen molar-refractivity contribution in [1.82, 2.24) is 29.5 Å². The molecule has 0 atom stereocenters. The summed E-state index contributed by atoms with van der Waals surface area (Å²) >= 11 is 0. The van der Waals surface area contributed by atoms with Crippen molar-refractivity contribution in [2.75, 3.05) is 5.73 Å². The largest absolute Gasteiger partial charge is 0.383 e. The molecule has 0 unspecified atom stereocenters. The van der Waals surface area contributed by atoms with Gasteiger partial charge in [-0.15, -0.1) is 0 Å². The maximum Gasteiger partial charge on any atom is 0.163 e. The highest BCUT2D eigenvalue weighted by Crippen LogP contribution is 2.18. The molecule has 7 heteroatoms. The van der Waals surface area contributed by atoms with E-state index in [0.29, 0.717) is 18.2 Å². The number of hydrogen-bond acceptors (Lipinski definition) is 5. The zero-order chi connectivity index (χ0) is 15.1. The molecule has 7 nitrogen and oxygen atoms in total. The number of hydrogen-bond donors (Lipinski definition) is 1. The minimum atomic E-state index is 0.459. The first-order valence-corrected chi connectivity index (χ1v) is 6.98. The number of aryl methyl sites for hydroxylation is 2. The van der Waals surface area contributed by atoms with Gasteiger partial charge < -0.3 is 5.73 Å². The van der Waals surface area contributed by atoms with Crippen molar-refractivity contribution in [3.8, 4) is 0 Å². The highest BCUT2D eigenvalue weighted by molar-refractivity contribution is 5.84. The first-order chi connectivity index (χ1) is 10.0. The van der Waals surface area contributed by atoms with Crippen LogP contribution in [0.1, 0.15) is 29.7 Å². The monoisotopic (exact) mass is 285 g/mol. The first kappa shape index (κ1) is 13.5. The second kappa shape index (κ2) is 4.83. The zero-order valence-corrected chi connectivity index (χ0v) is 12.8. The van der Waals surface area contributed by atoms with E-state index in [1.807, 2.05) is 18.7 Å². The standard InChI is InChI=1S/C14H19N7/c1-5-10-8(2)19-21(9(10)3)7-12-17-13(15)11-6-16-20(4)14(11)18-12/h6H,5,7H2,1-4H3,(H2,15,17,18). The van der Waals surface area contributed by atoms with Crippen molar-refractivity contribution in [2.45, 2.75) is 33.7 Å². The van der Waals surface area contributed by atoms with Crippen molar-refractivity contribution in [1.29, 1.82) is 0 Å². The first-order valence-electron chi connectivity index (χ1n) is 6.98. The molecule has 0 radical (unpaired) electrons. The number of fused-ring (bicyclic) bond motifs is 1. The van der Waals surface area contributed by atoms with Gasteiger partial charge in [0, 0.05) is 12.7 Å². The van der Waals surface area contributed by atoms with E-state index in [1.165, 1.54) is 5.56 Å². The van der Waals surface area contributed by atoms with Crippen LogP contribution >= 0.6 is 0 Å². The van der Waals surface area contributed by atoms with Gasteiger partial charge in [-0.05, 0) is 25.8 Å². The molecule has 0 aromatic carbocycles. The third kappa shape index (κ3) is 2.14. The van der Waals surface area contributed by atoms with Gasteiger partial charge in [-0.3, -0.25) is 9.36 Å². The number of rotatable bonds is 3. The van der Waals surface area contributed by atoms with E-state index < -0.39 is 0 Å². The van der Waals surface area contributed by atoms with Crippen LogP contribution in [0.4, 0.5) is 5.82 Å². The Morgan fingerprint density at radius 3 is 2.67 bits per heavy atom. The van der Waals surface area contributed by atoms with Crippen molar-refractivity contribution < 1.29 is 0 Å². The summed E-state index contributed by atoms with van der Waals surface area (Å²) in [5, 5.41) is 9.52. The van der Waals surface area contributed by atoms with Gasteiger partial charge in [0.1, 0.15) is 12.4 Å². The Bertz CT molecular complexity index is 812. The smallest absolute Gasteiger partial charge is 0.163 e. The molecule has 0 saturated carbocycles. The quantitative estimate of drug-likeness (QED) is 0.785. The lowest BCUT2D eigenvalue weighted by atomic mass is 10.1. The van der Waals surface area contributed by atoms with E-state index in [0.717, 1.165) is 28.8 Å². The number of nitrogens with zero attached hydrogens (tertiary/aromatic N) is 6. The predicted molar refractivity (Wildman–Crippen MR) is 80.9 cm³/mol. The molecule has 0 bridgehead atoms. The molecule has 0 aliphatic carbocycles. The van der Waals surface area contributed by atoms with Gasteiger partial charge in [0.15, 0.2) is 11.5 Å². The zero-order valence-electron chi connectivity index (χ0n) is 12.8. The van der Waals surface area contributed by atoms with E-state index in [4.69, 9.17) is 5.73 Å². The number of nitrogens with two attached hydrogens (primary N) is 1. The maximum absolute atomic E-state index is 5.99. The van der Waals surface area contributed by atoms with Gasteiger partial charge in [0.2, 0.25) is 0 Å². The van der Waals surface area contributed by atoms with Crippen LogP contribution in [0.3, 0.4) is 0 Å². The van der Waals surface area contributed by atoms with Gasteiger partial charge in [-0.25, -0.2) is 9.97 Å². The third-order valence-electron chi connectivity index (χ3n) is 3.84. The van der Waals surface area contributed by atoms with Crippen LogP contribution in [-0.2, 0) is 20.0 Å². The number of anilines is 1. The summed E-state index contributed by atoms with van der Waals surface area (Å²) in [6.45, 7) is 6.75. The van der Waals surface area contributed by atoms with Crippen molar-refractivity contribution >= 4 is 16.9 Å². The van der Waals surface area contributed by atoms with Crippen LogP contribution in [0.2, 0.25) is 0 Å². The van der Waals surface area contributed by atoms with Crippen molar-refractivity contribution in [2.24, 2.45) is 7.05 Å². The summed E-state index contributed by atoms with van der Waals surface area (Å²) in [5.41, 5.74) is 10.2. The lowest BCUT2D eigenvalue weighted by Crippen LogP contribution is -2.10. The average Bonchev–Trinajstić information content (AvgIpc) is 2.92. The van der Waals surface area contributed by atoms with Gasteiger partial charge in [-0.2, -0.15) is 10.2 Å². The van der Waals surface area contributed by atoms with E-state index in [9.17, 15) is 0 Å². The van der Waals surface area contributed by atoms with Crippen molar-refractivity contribution in [3.05, 3.63) is 29.0 Å². The molecular formula is C14H19N7. The van der Waals surface area contributed by atoms with Crippen LogP contribution < -0.4 is 5.73 Å². The highest BCUT2D eigenvalue weighted by atomic mass is 15.3. The molecule has 3 rings (SSSR count). The van der Waals surface area contributed by atoms with E-state index in [1.54, 1.807) is 10.9 Å². The Labute approximate surface area is 122 Å². The molecule has 0 saturated heterocycles. The van der Waals surface area contributed by atoms with E-state index >= 15 is 0 Å². The van der Waals surface area contributed by atoms with Gasteiger partial charge in [-0.1, -0.05) is 6.92 Å². The Hall–Kier alpha value is -2.44. The Morgan fingerprint density at radius 2 is 2.00 bits per heavy atom. The van der Waals surface area contributed by atoms with Crippen LogP contribution in [0, 0.1) is 13.8 Å². The fourth-order valence-corrected chi connectivity index (χ4v) is 2.70. The van der Waals surface area contributed by atoms with Gasteiger partial charge in [0.05, 0.1) is 17.3 Å². The maximum atomic E-state index is 5.99. The molecule has 0 spiro atoms. The molecule has 110 valence electrons. The molecule has 0 aliphatic rings. The molecule has 0 amide bonds. The molecule has 3 heterocycles. The fraction of sp³-hybridized carbons (Fsp3) is 0.429. The SMILES string of the molecule is CCc1c(C)nn(Cc2nc(N)c3cnn(C)c3n2)c1C. The molecule has 0 fully saturated rings. The van der Waals surface area contributed by atoms with Crippen molar-refractivity contribution in [3.63, 3.8) is 0 Å². The van der Waals surface area contributed by atoms with Crippen LogP contribution in [0.5, 0.6) is 0 Å². The molecule has 3 aromatic heterocycles. The molecule has 2 N–H and O–H groups in total. The van der Waals surface area contributed by atoms with Gasteiger partial charge in [0.25, 0.3) is 0 Å². The Kier molecular flexibility index (Phi) is 3.12. The normalized spacial score (nSPS) is 11.4. The minimum Gasteiger partial charge on any atom is -0.383 e. The highest BCUT2D eigenvalue weighted by Gasteiger charge is 2.13.